The molecule has 1 rings (SSSR count). The number of aryl methyl sites for hydroxylation is 2. The van der Waals surface area contributed by atoms with Crippen LogP contribution in [-0.4, -0.2) is 47.3 Å². The van der Waals surface area contributed by atoms with Crippen molar-refractivity contribution in [1.29, 1.82) is 5.26 Å². The number of para-hydroxylation sites is 1. The number of anilines is 1. The number of hydrogen-bond acceptors (Lipinski definition) is 5. The molecule has 0 aliphatic carbocycles. The van der Waals surface area contributed by atoms with E-state index in [2.05, 4.69) is 5.32 Å². The zero-order valence-corrected chi connectivity index (χ0v) is 13.5. The van der Waals surface area contributed by atoms with Crippen molar-refractivity contribution in [2.75, 3.05) is 31.6 Å². The molecule has 3 N–H and O–H groups in total. The number of nitriles is 1. The van der Waals surface area contributed by atoms with Crippen LogP contribution in [0.3, 0.4) is 0 Å². The molecular weight excluding hydrogens is 294 g/mol. The third-order valence-corrected chi connectivity index (χ3v) is 3.43. The van der Waals surface area contributed by atoms with Crippen LogP contribution in [0.2, 0.25) is 0 Å². The highest BCUT2D eigenvalue weighted by Crippen LogP contribution is 2.21. The molecule has 6 heteroatoms. The Labute approximate surface area is 136 Å². The van der Waals surface area contributed by atoms with E-state index in [1.165, 1.54) is 11.1 Å². The second-order valence-corrected chi connectivity index (χ2v) is 5.05. The van der Waals surface area contributed by atoms with Crippen molar-refractivity contribution in [3.8, 4) is 6.07 Å². The summed E-state index contributed by atoms with van der Waals surface area (Å²) >= 11 is 0. The minimum Gasteiger partial charge on any atom is -0.395 e. The minimum atomic E-state index is -0.502. The topological polar surface area (TPSA) is 96.6 Å². The van der Waals surface area contributed by atoms with E-state index in [1.54, 1.807) is 0 Å². The van der Waals surface area contributed by atoms with E-state index >= 15 is 0 Å². The zero-order chi connectivity index (χ0) is 17.2. The second-order valence-electron chi connectivity index (χ2n) is 5.05. The van der Waals surface area contributed by atoms with Gasteiger partial charge in [-0.25, -0.2) is 0 Å². The summed E-state index contributed by atoms with van der Waals surface area (Å²) in [5.74, 6) is -0.502. The van der Waals surface area contributed by atoms with Gasteiger partial charge in [0, 0.05) is 25.0 Å². The summed E-state index contributed by atoms with van der Waals surface area (Å²) in [6.45, 7) is 4.11. The van der Waals surface area contributed by atoms with Gasteiger partial charge in [-0.05, 0) is 24.5 Å². The Hall–Kier alpha value is -2.36. The first-order chi connectivity index (χ1) is 11.1. The lowest BCUT2D eigenvalue weighted by molar-refractivity contribution is -0.112. The van der Waals surface area contributed by atoms with Gasteiger partial charge in [0.2, 0.25) is 0 Å². The zero-order valence-electron chi connectivity index (χ0n) is 13.5. The number of aliphatic hydroxyl groups excluding tert-OH is 2. The number of benzene rings is 1. The second kappa shape index (κ2) is 9.62. The molecule has 0 aliphatic heterocycles. The molecule has 6 nitrogen and oxygen atoms in total. The minimum absolute atomic E-state index is 0.0720. The molecule has 0 fully saturated rings. The molecule has 0 saturated heterocycles. The third-order valence-electron chi connectivity index (χ3n) is 3.43. The number of nitrogens with zero attached hydrogens (tertiary/aromatic N) is 2. The van der Waals surface area contributed by atoms with Crippen molar-refractivity contribution in [3.63, 3.8) is 0 Å². The largest absolute Gasteiger partial charge is 0.395 e. The molecule has 0 unspecified atom stereocenters. The fourth-order valence-corrected chi connectivity index (χ4v) is 2.20. The Morgan fingerprint density at radius 2 is 2.00 bits per heavy atom. The van der Waals surface area contributed by atoms with Crippen molar-refractivity contribution >= 4 is 11.6 Å². The molecule has 0 aromatic heterocycles. The average Bonchev–Trinajstić information content (AvgIpc) is 2.54. The highest BCUT2D eigenvalue weighted by atomic mass is 16.3. The lowest BCUT2D eigenvalue weighted by Gasteiger charge is -2.18. The van der Waals surface area contributed by atoms with Gasteiger partial charge in [0.15, 0.2) is 0 Å². The fourth-order valence-electron chi connectivity index (χ4n) is 2.20. The molecule has 0 saturated carbocycles. The van der Waals surface area contributed by atoms with Crippen LogP contribution in [0.15, 0.2) is 30.0 Å². The molecule has 0 aliphatic rings. The number of aliphatic hydroxyl groups is 2. The molecule has 0 radical (unpaired) electrons. The highest BCUT2D eigenvalue weighted by molar-refractivity contribution is 6.07. The molecule has 0 spiro atoms. The molecule has 124 valence electrons. The van der Waals surface area contributed by atoms with Gasteiger partial charge in [-0.15, -0.1) is 0 Å². The van der Waals surface area contributed by atoms with Crippen LogP contribution in [-0.2, 0) is 11.2 Å². The number of amides is 1. The summed E-state index contributed by atoms with van der Waals surface area (Å²) in [5.41, 5.74) is 2.57. The quantitative estimate of drug-likeness (QED) is 0.494. The normalized spacial score (nSPS) is 11.0. The van der Waals surface area contributed by atoms with E-state index in [-0.39, 0.29) is 31.9 Å². The van der Waals surface area contributed by atoms with Crippen LogP contribution in [0.1, 0.15) is 18.1 Å². The Morgan fingerprint density at radius 1 is 1.35 bits per heavy atom. The summed E-state index contributed by atoms with van der Waals surface area (Å²) in [7, 11) is 0. The summed E-state index contributed by atoms with van der Waals surface area (Å²) in [4.78, 5) is 13.9. The van der Waals surface area contributed by atoms with E-state index < -0.39 is 5.91 Å². The smallest absolute Gasteiger partial charge is 0.267 e. The maximum absolute atomic E-state index is 12.4. The van der Waals surface area contributed by atoms with Gasteiger partial charge in [-0.2, -0.15) is 5.26 Å². The van der Waals surface area contributed by atoms with E-state index in [0.717, 1.165) is 23.2 Å². The molecule has 0 bridgehead atoms. The van der Waals surface area contributed by atoms with Crippen LogP contribution < -0.4 is 5.32 Å². The number of rotatable bonds is 8. The first kappa shape index (κ1) is 18.7. The summed E-state index contributed by atoms with van der Waals surface area (Å²) in [6.07, 6.45) is 2.13. The van der Waals surface area contributed by atoms with Gasteiger partial charge in [0.1, 0.15) is 11.6 Å². The number of carbonyl (C=O) groups is 1. The van der Waals surface area contributed by atoms with E-state index in [4.69, 9.17) is 10.2 Å². The summed E-state index contributed by atoms with van der Waals surface area (Å²) < 4.78 is 0. The Balaban J connectivity index is 3.00. The monoisotopic (exact) mass is 317 g/mol. The van der Waals surface area contributed by atoms with Gasteiger partial charge < -0.3 is 20.4 Å². The van der Waals surface area contributed by atoms with Crippen molar-refractivity contribution < 1.29 is 15.0 Å². The van der Waals surface area contributed by atoms with Gasteiger partial charge >= 0.3 is 0 Å². The summed E-state index contributed by atoms with van der Waals surface area (Å²) in [6, 6.07) is 7.63. The standard InChI is InChI=1S/C17H23N3O3/c1-3-14-6-4-5-13(2)16(14)19-17(23)15(11-18)12-20(7-9-21)8-10-22/h4-6,12,21-22H,3,7-10H2,1-2H3,(H,19,23)/b15-12-. The SMILES string of the molecule is CCc1cccc(C)c1NC(=O)/C(C#N)=C\N(CCO)CCO. The van der Waals surface area contributed by atoms with Crippen LogP contribution in [0.25, 0.3) is 0 Å². The Kier molecular flexibility index (Phi) is 7.81. The van der Waals surface area contributed by atoms with Gasteiger partial charge in [-0.3, -0.25) is 4.79 Å². The van der Waals surface area contributed by atoms with Crippen molar-refractivity contribution in [2.45, 2.75) is 20.3 Å². The van der Waals surface area contributed by atoms with Crippen molar-refractivity contribution in [2.24, 2.45) is 0 Å². The molecule has 1 aromatic carbocycles. The van der Waals surface area contributed by atoms with Crippen LogP contribution in [0, 0.1) is 18.3 Å². The maximum Gasteiger partial charge on any atom is 0.267 e. The van der Waals surface area contributed by atoms with Crippen molar-refractivity contribution in [3.05, 3.63) is 41.1 Å². The molecule has 1 aromatic rings. The van der Waals surface area contributed by atoms with Crippen LogP contribution in [0.5, 0.6) is 0 Å². The van der Waals surface area contributed by atoms with E-state index in [1.807, 2.05) is 38.1 Å². The predicted octanol–water partition coefficient (Wildman–Crippen LogP) is 1.19. The average molecular weight is 317 g/mol. The maximum atomic E-state index is 12.4. The number of nitrogens with one attached hydrogen (secondary N) is 1. The van der Waals surface area contributed by atoms with Gasteiger partial charge in [-0.1, -0.05) is 25.1 Å². The predicted molar refractivity (Wildman–Crippen MR) is 88.6 cm³/mol. The number of carbonyl (C=O) groups excluding carboxylic acids is 1. The summed E-state index contributed by atoms with van der Waals surface area (Å²) in [5, 5.41) is 30.0. The van der Waals surface area contributed by atoms with Crippen LogP contribution in [0.4, 0.5) is 5.69 Å². The van der Waals surface area contributed by atoms with Gasteiger partial charge in [0.05, 0.1) is 13.2 Å². The van der Waals surface area contributed by atoms with Crippen LogP contribution >= 0.6 is 0 Å². The highest BCUT2D eigenvalue weighted by Gasteiger charge is 2.14. The number of hydrogen-bond donors (Lipinski definition) is 3. The fraction of sp³-hybridized carbons (Fsp3) is 0.412. The van der Waals surface area contributed by atoms with E-state index in [9.17, 15) is 10.1 Å². The molecule has 23 heavy (non-hydrogen) atoms. The lowest BCUT2D eigenvalue weighted by atomic mass is 10.1. The first-order valence-corrected chi connectivity index (χ1v) is 7.54. The molecule has 0 atom stereocenters. The van der Waals surface area contributed by atoms with E-state index in [0.29, 0.717) is 0 Å². The third kappa shape index (κ3) is 5.40. The molecule has 1 amide bonds. The van der Waals surface area contributed by atoms with Gasteiger partial charge in [0.25, 0.3) is 5.91 Å². The molecule has 0 heterocycles. The lowest BCUT2D eigenvalue weighted by Crippen LogP contribution is -2.27. The first-order valence-electron chi connectivity index (χ1n) is 7.54. The Morgan fingerprint density at radius 3 is 2.52 bits per heavy atom. The molecular formula is C17H23N3O3. The van der Waals surface area contributed by atoms with Crippen molar-refractivity contribution in [1.82, 2.24) is 4.90 Å². The Bertz CT molecular complexity index is 600.